The lowest BCUT2D eigenvalue weighted by atomic mass is 10.2. The number of benzene rings is 1. The summed E-state index contributed by atoms with van der Waals surface area (Å²) in [5.41, 5.74) is 0.551. The van der Waals surface area contributed by atoms with Crippen molar-refractivity contribution in [2.24, 2.45) is 0 Å². The standard InChI is InChI=1S/C18H29N3O4S/c1-5-17(18(22)21-13-11-20(6-2)12-14-21)25-16-9-7-15(8-10-16)19(3)26(4,23)24/h7-10,17H,5-6,11-14H2,1-4H3/t17-/m1/s1. The van der Waals surface area contributed by atoms with Crippen LogP contribution in [-0.4, -0.2) is 76.3 Å². The maximum Gasteiger partial charge on any atom is 0.263 e. The number of sulfonamides is 1. The molecule has 0 N–H and O–H groups in total. The van der Waals surface area contributed by atoms with Crippen LogP contribution in [-0.2, 0) is 14.8 Å². The Hall–Kier alpha value is -1.80. The number of carbonyl (C=O) groups is 1. The number of anilines is 1. The Morgan fingerprint density at radius 1 is 1.15 bits per heavy atom. The predicted octanol–water partition coefficient (Wildman–Crippen LogP) is 1.40. The van der Waals surface area contributed by atoms with Gasteiger partial charge in [0.15, 0.2) is 6.10 Å². The van der Waals surface area contributed by atoms with Crippen molar-refractivity contribution < 1.29 is 17.9 Å². The minimum atomic E-state index is -3.30. The highest BCUT2D eigenvalue weighted by Crippen LogP contribution is 2.22. The van der Waals surface area contributed by atoms with E-state index < -0.39 is 16.1 Å². The molecule has 0 saturated carbocycles. The summed E-state index contributed by atoms with van der Waals surface area (Å²) in [7, 11) is -1.80. The predicted molar refractivity (Wildman–Crippen MR) is 103 cm³/mol. The van der Waals surface area contributed by atoms with Crippen LogP contribution >= 0.6 is 0 Å². The van der Waals surface area contributed by atoms with Crippen molar-refractivity contribution >= 4 is 21.6 Å². The van der Waals surface area contributed by atoms with Crippen molar-refractivity contribution in [3.63, 3.8) is 0 Å². The molecule has 1 aromatic carbocycles. The van der Waals surface area contributed by atoms with Crippen LogP contribution < -0.4 is 9.04 Å². The van der Waals surface area contributed by atoms with E-state index in [0.717, 1.165) is 39.0 Å². The Morgan fingerprint density at radius 2 is 1.73 bits per heavy atom. The number of amides is 1. The van der Waals surface area contributed by atoms with E-state index in [1.165, 1.54) is 11.4 Å². The fourth-order valence-electron chi connectivity index (χ4n) is 2.89. The second-order valence-corrected chi connectivity index (χ2v) is 8.51. The van der Waals surface area contributed by atoms with Gasteiger partial charge >= 0.3 is 0 Å². The maximum atomic E-state index is 12.7. The van der Waals surface area contributed by atoms with Crippen LogP contribution in [0.1, 0.15) is 20.3 Å². The third-order valence-corrected chi connectivity index (χ3v) is 5.96. The average Bonchev–Trinajstić information content (AvgIpc) is 2.64. The first-order chi connectivity index (χ1) is 12.3. The van der Waals surface area contributed by atoms with Crippen LogP contribution in [0.3, 0.4) is 0 Å². The minimum absolute atomic E-state index is 0.0144. The zero-order valence-corrected chi connectivity index (χ0v) is 16.8. The smallest absolute Gasteiger partial charge is 0.263 e. The SMILES string of the molecule is CC[C@@H](Oc1ccc(N(C)S(C)(=O)=O)cc1)C(=O)N1CCN(CC)CC1. The first kappa shape index (κ1) is 20.5. The van der Waals surface area contributed by atoms with Crippen molar-refractivity contribution in [2.45, 2.75) is 26.4 Å². The zero-order valence-electron chi connectivity index (χ0n) is 16.0. The molecule has 0 unspecified atom stereocenters. The third kappa shape index (κ3) is 5.11. The van der Waals surface area contributed by atoms with Crippen molar-refractivity contribution in [1.82, 2.24) is 9.80 Å². The number of piperazine rings is 1. The van der Waals surface area contributed by atoms with Gasteiger partial charge in [0, 0.05) is 33.2 Å². The Bertz CT molecular complexity index is 698. The van der Waals surface area contributed by atoms with Gasteiger partial charge in [-0.05, 0) is 37.2 Å². The lowest BCUT2D eigenvalue weighted by molar-refractivity contribution is -0.140. The number of likely N-dealkylation sites (N-methyl/N-ethyl adjacent to an activating group) is 1. The molecule has 0 radical (unpaired) electrons. The van der Waals surface area contributed by atoms with Gasteiger partial charge in [-0.1, -0.05) is 13.8 Å². The Balaban J connectivity index is 2.00. The van der Waals surface area contributed by atoms with Gasteiger partial charge in [0.05, 0.1) is 11.9 Å². The molecule has 1 heterocycles. The van der Waals surface area contributed by atoms with E-state index in [1.807, 2.05) is 11.8 Å². The van der Waals surface area contributed by atoms with E-state index in [-0.39, 0.29) is 5.91 Å². The number of rotatable bonds is 7. The van der Waals surface area contributed by atoms with Gasteiger partial charge in [-0.15, -0.1) is 0 Å². The largest absolute Gasteiger partial charge is 0.481 e. The van der Waals surface area contributed by atoms with Gasteiger partial charge in [0.1, 0.15) is 5.75 Å². The fourth-order valence-corrected chi connectivity index (χ4v) is 3.39. The van der Waals surface area contributed by atoms with Gasteiger partial charge in [0.2, 0.25) is 10.0 Å². The molecule has 1 atom stereocenters. The molecule has 1 saturated heterocycles. The van der Waals surface area contributed by atoms with E-state index >= 15 is 0 Å². The molecule has 146 valence electrons. The lowest BCUT2D eigenvalue weighted by Gasteiger charge is -2.35. The molecule has 1 aliphatic heterocycles. The van der Waals surface area contributed by atoms with Crippen LogP contribution in [0.15, 0.2) is 24.3 Å². The summed E-state index contributed by atoms with van der Waals surface area (Å²) >= 11 is 0. The lowest BCUT2D eigenvalue weighted by Crippen LogP contribution is -2.52. The van der Waals surface area contributed by atoms with Gasteiger partial charge in [-0.3, -0.25) is 9.10 Å². The van der Waals surface area contributed by atoms with E-state index in [4.69, 9.17) is 4.74 Å². The average molecular weight is 384 g/mol. The molecule has 7 nitrogen and oxygen atoms in total. The molecule has 0 bridgehead atoms. The normalized spacial score (nSPS) is 17.0. The van der Waals surface area contributed by atoms with Crippen molar-refractivity contribution in [1.29, 1.82) is 0 Å². The quantitative estimate of drug-likeness (QED) is 0.712. The molecule has 1 fully saturated rings. The van der Waals surface area contributed by atoms with Gasteiger partial charge < -0.3 is 14.5 Å². The minimum Gasteiger partial charge on any atom is -0.481 e. The van der Waals surface area contributed by atoms with Crippen molar-refractivity contribution in [2.75, 3.05) is 50.3 Å². The van der Waals surface area contributed by atoms with E-state index in [9.17, 15) is 13.2 Å². The van der Waals surface area contributed by atoms with Crippen LogP contribution in [0.2, 0.25) is 0 Å². The summed E-state index contributed by atoms with van der Waals surface area (Å²) < 4.78 is 30.3. The molecule has 8 heteroatoms. The van der Waals surface area contributed by atoms with Crippen LogP contribution in [0, 0.1) is 0 Å². The van der Waals surface area contributed by atoms with Crippen LogP contribution in [0.4, 0.5) is 5.69 Å². The van der Waals surface area contributed by atoms with Crippen LogP contribution in [0.25, 0.3) is 0 Å². The highest BCUT2D eigenvalue weighted by molar-refractivity contribution is 7.92. The van der Waals surface area contributed by atoms with Gasteiger partial charge in [-0.2, -0.15) is 0 Å². The van der Waals surface area contributed by atoms with Crippen LogP contribution in [0.5, 0.6) is 5.75 Å². The number of carbonyl (C=O) groups excluding carboxylic acids is 1. The van der Waals surface area contributed by atoms with Gasteiger partial charge in [0.25, 0.3) is 5.91 Å². The summed E-state index contributed by atoms with van der Waals surface area (Å²) in [6.07, 6.45) is 1.21. The number of ether oxygens (including phenoxy) is 1. The third-order valence-electron chi connectivity index (χ3n) is 4.75. The molecule has 0 spiro atoms. The monoisotopic (exact) mass is 383 g/mol. The molecular formula is C18H29N3O4S. The molecule has 0 aromatic heterocycles. The Morgan fingerprint density at radius 3 is 2.19 bits per heavy atom. The molecule has 0 aliphatic carbocycles. The molecule has 1 aromatic rings. The summed E-state index contributed by atoms with van der Waals surface area (Å²) in [5.74, 6) is 0.573. The van der Waals surface area contributed by atoms with Crippen molar-refractivity contribution in [3.05, 3.63) is 24.3 Å². The Labute approximate surface area is 156 Å². The summed E-state index contributed by atoms with van der Waals surface area (Å²) in [6.45, 7) is 8.30. The highest BCUT2D eigenvalue weighted by Gasteiger charge is 2.27. The number of hydrogen-bond acceptors (Lipinski definition) is 5. The highest BCUT2D eigenvalue weighted by atomic mass is 32.2. The molecule has 1 amide bonds. The van der Waals surface area contributed by atoms with Gasteiger partial charge in [-0.25, -0.2) is 8.42 Å². The van der Waals surface area contributed by atoms with E-state index in [2.05, 4.69) is 11.8 Å². The second-order valence-electron chi connectivity index (χ2n) is 6.50. The fraction of sp³-hybridized carbons (Fsp3) is 0.611. The first-order valence-electron chi connectivity index (χ1n) is 8.98. The topological polar surface area (TPSA) is 70.2 Å². The molecular weight excluding hydrogens is 354 g/mol. The number of hydrogen-bond donors (Lipinski definition) is 0. The molecule has 1 aliphatic rings. The zero-order chi connectivity index (χ0) is 19.3. The van der Waals surface area contributed by atoms with E-state index in [1.54, 1.807) is 24.3 Å². The van der Waals surface area contributed by atoms with E-state index in [0.29, 0.717) is 17.9 Å². The maximum absolute atomic E-state index is 12.7. The molecule has 26 heavy (non-hydrogen) atoms. The summed E-state index contributed by atoms with van der Waals surface area (Å²) in [5, 5.41) is 0. The summed E-state index contributed by atoms with van der Waals surface area (Å²) in [6, 6.07) is 6.74. The second kappa shape index (κ2) is 8.73. The van der Waals surface area contributed by atoms with Crippen molar-refractivity contribution in [3.8, 4) is 5.75 Å². The molecule has 2 rings (SSSR count). The first-order valence-corrected chi connectivity index (χ1v) is 10.8. The summed E-state index contributed by atoms with van der Waals surface area (Å²) in [4.78, 5) is 16.9. The Kier molecular flexibility index (Phi) is 6.88. The number of nitrogens with zero attached hydrogens (tertiary/aromatic N) is 3.